The summed E-state index contributed by atoms with van der Waals surface area (Å²) < 4.78 is 22.5. The lowest BCUT2D eigenvalue weighted by Gasteiger charge is -2.10. The monoisotopic (exact) mass is 311 g/mol. The Morgan fingerprint density at radius 2 is 1.86 bits per heavy atom. The minimum atomic E-state index is -3.41. The summed E-state index contributed by atoms with van der Waals surface area (Å²) in [6.45, 7) is 1.55. The van der Waals surface area contributed by atoms with Gasteiger partial charge in [-0.2, -0.15) is 0 Å². The lowest BCUT2D eigenvalue weighted by Crippen LogP contribution is -2.36. The van der Waals surface area contributed by atoms with E-state index in [1.165, 1.54) is 13.0 Å². The maximum absolute atomic E-state index is 11.6. The van der Waals surface area contributed by atoms with Gasteiger partial charge in [0.25, 0.3) is 0 Å². The molecule has 0 aliphatic carbocycles. The number of carboxylic acids is 1. The average molecular weight is 311 g/mol. The first kappa shape index (κ1) is 16.9. The highest BCUT2D eigenvalue weighted by Gasteiger charge is 2.22. The van der Waals surface area contributed by atoms with Crippen LogP contribution in [0.2, 0.25) is 0 Å². The van der Waals surface area contributed by atoms with Crippen LogP contribution in [0.1, 0.15) is 18.1 Å². The fourth-order valence-corrected chi connectivity index (χ4v) is 1.91. The fraction of sp³-hybridized carbons (Fsp3) is 0.286. The van der Waals surface area contributed by atoms with Crippen molar-refractivity contribution in [1.29, 1.82) is 0 Å². The molecule has 7 heteroatoms. The second-order valence-corrected chi connectivity index (χ2v) is 6.97. The minimum Gasteiger partial charge on any atom is -0.478 e. The Morgan fingerprint density at radius 1 is 1.29 bits per heavy atom. The lowest BCUT2D eigenvalue weighted by atomic mass is 10.1. The van der Waals surface area contributed by atoms with Crippen molar-refractivity contribution in [3.05, 3.63) is 41.5 Å². The molecule has 0 fully saturated rings. The molecule has 1 rings (SSSR count). The van der Waals surface area contributed by atoms with Crippen molar-refractivity contribution in [3.8, 4) is 0 Å². The Kier molecular flexibility index (Phi) is 5.66. The van der Waals surface area contributed by atoms with Crippen molar-refractivity contribution in [3.63, 3.8) is 0 Å². The molecule has 0 bridgehead atoms. The molecule has 0 saturated carbocycles. The first-order valence-electron chi connectivity index (χ1n) is 6.16. The molecule has 1 aromatic carbocycles. The molecule has 0 saturated heterocycles. The molecule has 0 spiro atoms. The van der Waals surface area contributed by atoms with Gasteiger partial charge in [-0.05, 0) is 24.1 Å². The van der Waals surface area contributed by atoms with Gasteiger partial charge in [0, 0.05) is 18.9 Å². The van der Waals surface area contributed by atoms with Crippen LogP contribution in [0, 0.1) is 0 Å². The van der Waals surface area contributed by atoms with E-state index in [-0.39, 0.29) is 6.54 Å². The molecule has 0 radical (unpaired) electrons. The van der Waals surface area contributed by atoms with E-state index in [2.05, 4.69) is 5.32 Å². The topological polar surface area (TPSA) is 101 Å². The van der Waals surface area contributed by atoms with E-state index < -0.39 is 27.0 Å². The third-order valence-corrected chi connectivity index (χ3v) is 4.37. The Balaban J connectivity index is 2.61. The van der Waals surface area contributed by atoms with Crippen LogP contribution in [0.3, 0.4) is 0 Å². The normalized spacial score (nSPS) is 13.0. The zero-order chi connectivity index (χ0) is 16.0. The second-order valence-electron chi connectivity index (χ2n) is 4.60. The van der Waals surface area contributed by atoms with Gasteiger partial charge in [0.1, 0.15) is 5.25 Å². The number of carbonyl (C=O) groups is 2. The Labute approximate surface area is 123 Å². The number of rotatable bonds is 6. The summed E-state index contributed by atoms with van der Waals surface area (Å²) in [6.07, 6.45) is 3.50. The molecular formula is C14H17NO5S. The van der Waals surface area contributed by atoms with Crippen LogP contribution in [-0.2, 0) is 26.0 Å². The molecule has 21 heavy (non-hydrogen) atoms. The maximum Gasteiger partial charge on any atom is 0.328 e. The van der Waals surface area contributed by atoms with E-state index in [1.807, 2.05) is 0 Å². The highest BCUT2D eigenvalue weighted by Crippen LogP contribution is 2.07. The summed E-state index contributed by atoms with van der Waals surface area (Å²) in [4.78, 5) is 22.0. The number of hydrogen-bond acceptors (Lipinski definition) is 4. The van der Waals surface area contributed by atoms with E-state index in [4.69, 9.17) is 5.11 Å². The second kappa shape index (κ2) is 7.03. The van der Waals surface area contributed by atoms with Crippen LogP contribution in [0.25, 0.3) is 6.08 Å². The van der Waals surface area contributed by atoms with Gasteiger partial charge in [0.2, 0.25) is 5.91 Å². The smallest absolute Gasteiger partial charge is 0.328 e. The van der Waals surface area contributed by atoms with Gasteiger partial charge in [-0.1, -0.05) is 24.3 Å². The number of amides is 1. The fourth-order valence-electron chi connectivity index (χ4n) is 1.44. The van der Waals surface area contributed by atoms with Crippen LogP contribution < -0.4 is 5.32 Å². The Bertz CT molecular complexity index is 646. The molecule has 1 aromatic rings. The molecular weight excluding hydrogens is 294 g/mol. The van der Waals surface area contributed by atoms with Crippen molar-refractivity contribution in [1.82, 2.24) is 5.32 Å². The Morgan fingerprint density at radius 3 is 2.33 bits per heavy atom. The first-order valence-corrected chi connectivity index (χ1v) is 8.12. The van der Waals surface area contributed by atoms with Gasteiger partial charge in [0.15, 0.2) is 9.84 Å². The van der Waals surface area contributed by atoms with Crippen LogP contribution in [0.5, 0.6) is 0 Å². The van der Waals surface area contributed by atoms with Crippen molar-refractivity contribution in [2.45, 2.75) is 18.7 Å². The number of aliphatic carboxylic acids is 1. The number of carboxylic acid groups (broad SMARTS) is 1. The van der Waals surface area contributed by atoms with E-state index in [1.54, 1.807) is 24.3 Å². The predicted molar refractivity (Wildman–Crippen MR) is 79.3 cm³/mol. The third-order valence-electron chi connectivity index (χ3n) is 2.88. The molecule has 2 N–H and O–H groups in total. The summed E-state index contributed by atoms with van der Waals surface area (Å²) in [5, 5.41) is 9.97. The molecule has 0 heterocycles. The highest BCUT2D eigenvalue weighted by molar-refractivity contribution is 7.92. The number of benzene rings is 1. The van der Waals surface area contributed by atoms with Gasteiger partial charge < -0.3 is 10.4 Å². The molecule has 0 aromatic heterocycles. The van der Waals surface area contributed by atoms with Gasteiger partial charge in [-0.3, -0.25) is 4.79 Å². The van der Waals surface area contributed by atoms with Crippen molar-refractivity contribution in [2.75, 3.05) is 6.26 Å². The zero-order valence-corrected chi connectivity index (χ0v) is 12.6. The SMILES string of the molecule is CC(C(=O)NCc1ccc(/C=C/C(=O)O)cc1)S(C)(=O)=O. The number of hydrogen-bond donors (Lipinski definition) is 2. The van der Waals surface area contributed by atoms with Crippen molar-refractivity contribution >= 4 is 27.8 Å². The van der Waals surface area contributed by atoms with Gasteiger partial charge >= 0.3 is 5.97 Å². The molecule has 6 nitrogen and oxygen atoms in total. The van der Waals surface area contributed by atoms with E-state index in [9.17, 15) is 18.0 Å². The largest absolute Gasteiger partial charge is 0.478 e. The molecule has 1 atom stereocenters. The van der Waals surface area contributed by atoms with E-state index >= 15 is 0 Å². The lowest BCUT2D eigenvalue weighted by molar-refractivity contribution is -0.131. The summed E-state index contributed by atoms with van der Waals surface area (Å²) in [7, 11) is -3.41. The highest BCUT2D eigenvalue weighted by atomic mass is 32.2. The standard InChI is InChI=1S/C14H17NO5S/c1-10(21(2,19)20)14(18)15-9-12-5-3-11(4-6-12)7-8-13(16)17/h3-8,10H,9H2,1-2H3,(H,15,18)(H,16,17)/b8-7+. The van der Waals surface area contributed by atoms with Crippen LogP contribution >= 0.6 is 0 Å². The average Bonchev–Trinajstić information content (AvgIpc) is 2.41. The quantitative estimate of drug-likeness (QED) is 0.758. The van der Waals surface area contributed by atoms with Crippen LogP contribution in [0.4, 0.5) is 0 Å². The summed E-state index contributed by atoms with van der Waals surface area (Å²) in [6, 6.07) is 6.88. The molecule has 0 aliphatic rings. The van der Waals surface area contributed by atoms with Gasteiger partial charge in [0.05, 0.1) is 0 Å². The predicted octanol–water partition coefficient (Wildman–Crippen LogP) is 0.834. The summed E-state index contributed by atoms with van der Waals surface area (Å²) in [5.41, 5.74) is 1.51. The van der Waals surface area contributed by atoms with E-state index in [0.717, 1.165) is 23.5 Å². The van der Waals surface area contributed by atoms with Crippen LogP contribution in [0.15, 0.2) is 30.3 Å². The molecule has 1 unspecified atom stereocenters. The first-order chi connectivity index (χ1) is 9.70. The maximum atomic E-state index is 11.6. The molecule has 114 valence electrons. The Hall–Kier alpha value is -2.15. The van der Waals surface area contributed by atoms with Gasteiger partial charge in [-0.25, -0.2) is 13.2 Å². The summed E-state index contributed by atoms with van der Waals surface area (Å²) in [5.74, 6) is -1.58. The molecule has 0 aliphatic heterocycles. The summed E-state index contributed by atoms with van der Waals surface area (Å²) >= 11 is 0. The molecule has 1 amide bonds. The van der Waals surface area contributed by atoms with Gasteiger partial charge in [-0.15, -0.1) is 0 Å². The number of carbonyl (C=O) groups excluding carboxylic acids is 1. The number of nitrogens with one attached hydrogen (secondary N) is 1. The third kappa shape index (κ3) is 5.78. The van der Waals surface area contributed by atoms with Crippen LogP contribution in [-0.4, -0.2) is 36.9 Å². The van der Waals surface area contributed by atoms with Crippen molar-refractivity contribution in [2.24, 2.45) is 0 Å². The number of sulfone groups is 1. The zero-order valence-electron chi connectivity index (χ0n) is 11.7. The van der Waals surface area contributed by atoms with E-state index in [0.29, 0.717) is 0 Å². The van der Waals surface area contributed by atoms with Crippen molar-refractivity contribution < 1.29 is 23.1 Å². The minimum absolute atomic E-state index is 0.210.